The number of benzene rings is 3. The number of hydrogen-bond donors (Lipinski definition) is 1. The van der Waals surface area contributed by atoms with Crippen molar-refractivity contribution < 1.29 is 19.4 Å². The van der Waals surface area contributed by atoms with E-state index in [1.165, 1.54) is 5.57 Å². The molecular weight excluding hydrogens is 512 g/mol. The highest BCUT2D eigenvalue weighted by molar-refractivity contribution is 6.00. The van der Waals surface area contributed by atoms with Crippen molar-refractivity contribution in [1.82, 2.24) is 9.78 Å². The molecule has 5 rings (SSSR count). The largest absolute Gasteiger partial charge is 0.494 e. The molecule has 41 heavy (non-hydrogen) atoms. The summed E-state index contributed by atoms with van der Waals surface area (Å²) in [6, 6.07) is 23.0. The second-order valence-electron chi connectivity index (χ2n) is 10.4. The van der Waals surface area contributed by atoms with E-state index in [-0.39, 0.29) is 6.23 Å². The number of ether oxygens (including phenoxy) is 2. The van der Waals surface area contributed by atoms with E-state index >= 15 is 0 Å². The zero-order valence-electron chi connectivity index (χ0n) is 23.9. The molecule has 0 saturated carbocycles. The topological polar surface area (TPSA) is 73.6 Å². The fraction of sp³-hybridized carbons (Fsp3) is 0.314. The molecule has 1 aliphatic rings. The van der Waals surface area contributed by atoms with Gasteiger partial charge in [0.15, 0.2) is 6.23 Å². The Labute approximate surface area is 241 Å². The molecule has 6 nitrogen and oxygen atoms in total. The van der Waals surface area contributed by atoms with Crippen LogP contribution in [0.3, 0.4) is 0 Å². The highest BCUT2D eigenvalue weighted by atomic mass is 16.5. The van der Waals surface area contributed by atoms with Crippen molar-refractivity contribution in [3.05, 3.63) is 101 Å². The van der Waals surface area contributed by atoms with Crippen LogP contribution in [-0.4, -0.2) is 34.1 Å². The predicted molar refractivity (Wildman–Crippen MR) is 165 cm³/mol. The molecule has 1 N–H and O–H groups in total. The lowest BCUT2D eigenvalue weighted by molar-refractivity contribution is -0.131. The van der Waals surface area contributed by atoms with Crippen LogP contribution < -0.4 is 4.74 Å². The van der Waals surface area contributed by atoms with Gasteiger partial charge in [-0.15, -0.1) is 0 Å². The molecule has 212 valence electrons. The Morgan fingerprint density at radius 2 is 1.88 bits per heavy atom. The molecule has 1 saturated heterocycles. The number of carboxylic acid groups (broad SMARTS) is 1. The number of nitrogens with zero attached hydrogens (tertiary/aromatic N) is 2. The minimum atomic E-state index is -0.962. The van der Waals surface area contributed by atoms with Crippen LogP contribution in [0.1, 0.15) is 80.9 Å². The van der Waals surface area contributed by atoms with Crippen molar-refractivity contribution in [2.75, 3.05) is 13.2 Å². The third-order valence-corrected chi connectivity index (χ3v) is 7.53. The summed E-state index contributed by atoms with van der Waals surface area (Å²) in [4.78, 5) is 11.0. The van der Waals surface area contributed by atoms with E-state index in [0.29, 0.717) is 6.61 Å². The van der Waals surface area contributed by atoms with Crippen LogP contribution in [0.4, 0.5) is 0 Å². The first-order valence-electron chi connectivity index (χ1n) is 14.6. The van der Waals surface area contributed by atoms with E-state index in [1.54, 1.807) is 6.08 Å². The van der Waals surface area contributed by atoms with E-state index in [2.05, 4.69) is 62.4 Å². The molecule has 1 aliphatic heterocycles. The third kappa shape index (κ3) is 6.77. The van der Waals surface area contributed by atoms with Crippen LogP contribution in [-0.2, 0) is 9.53 Å². The molecule has 0 radical (unpaired) electrons. The number of fused-ring (bicyclic) bond motifs is 1. The van der Waals surface area contributed by atoms with Gasteiger partial charge in [0.2, 0.25) is 0 Å². The maximum absolute atomic E-state index is 11.0. The molecule has 6 heteroatoms. The molecule has 1 atom stereocenters. The smallest absolute Gasteiger partial charge is 0.328 e. The summed E-state index contributed by atoms with van der Waals surface area (Å²) in [6.45, 7) is 5.82. The molecule has 0 spiro atoms. The second kappa shape index (κ2) is 13.5. The van der Waals surface area contributed by atoms with E-state index in [1.807, 2.05) is 29.1 Å². The van der Waals surface area contributed by atoms with Gasteiger partial charge in [0, 0.05) is 18.1 Å². The van der Waals surface area contributed by atoms with Crippen molar-refractivity contribution in [3.63, 3.8) is 0 Å². The summed E-state index contributed by atoms with van der Waals surface area (Å²) in [7, 11) is 0. The van der Waals surface area contributed by atoms with Gasteiger partial charge in [-0.2, -0.15) is 5.10 Å². The Bertz CT molecular complexity index is 1540. The number of hydrogen-bond acceptors (Lipinski definition) is 4. The lowest BCUT2D eigenvalue weighted by Gasteiger charge is -2.23. The maximum atomic E-state index is 11.0. The van der Waals surface area contributed by atoms with Crippen LogP contribution in [0.25, 0.3) is 28.1 Å². The quantitative estimate of drug-likeness (QED) is 0.115. The Morgan fingerprint density at radius 3 is 2.61 bits per heavy atom. The molecule has 4 aromatic rings. The number of unbranched alkanes of at least 4 members (excludes halogenated alkanes) is 1. The molecule has 1 fully saturated rings. The van der Waals surface area contributed by atoms with Gasteiger partial charge in [0.05, 0.1) is 18.3 Å². The van der Waals surface area contributed by atoms with Gasteiger partial charge < -0.3 is 14.6 Å². The molecule has 3 aromatic carbocycles. The summed E-state index contributed by atoms with van der Waals surface area (Å²) < 4.78 is 14.1. The Hall–Kier alpha value is -4.16. The monoisotopic (exact) mass is 550 g/mol. The van der Waals surface area contributed by atoms with Crippen molar-refractivity contribution in [2.24, 2.45) is 0 Å². The Morgan fingerprint density at radius 1 is 1.05 bits per heavy atom. The van der Waals surface area contributed by atoms with Crippen LogP contribution in [0.15, 0.2) is 79.0 Å². The number of carboxylic acids is 1. The standard InChI is InChI=1S/C35H38N2O4/c1-3-5-20-40-30-10-8-9-27(23-30)31(4-2)35(26-15-12-25(13-16-26)14-19-34(38)39)28-17-18-32-29(22-28)24-36-37(32)33-11-6-7-21-41-33/h8-10,12-19,22-24,33H,3-7,11,20-21H2,1-2H3,(H,38,39)/b19-14?,35-31-. The van der Waals surface area contributed by atoms with Crippen LogP contribution >= 0.6 is 0 Å². The number of rotatable bonds is 11. The fourth-order valence-electron chi connectivity index (χ4n) is 5.43. The van der Waals surface area contributed by atoms with E-state index in [9.17, 15) is 4.79 Å². The van der Waals surface area contributed by atoms with Crippen molar-refractivity contribution in [3.8, 4) is 5.75 Å². The highest BCUT2D eigenvalue weighted by Gasteiger charge is 2.20. The van der Waals surface area contributed by atoms with Crippen LogP contribution in [0, 0.1) is 0 Å². The Kier molecular flexibility index (Phi) is 9.32. The summed E-state index contributed by atoms with van der Waals surface area (Å²) in [6.07, 6.45) is 10.8. The average molecular weight is 551 g/mol. The van der Waals surface area contributed by atoms with Crippen LogP contribution in [0.5, 0.6) is 5.75 Å². The lowest BCUT2D eigenvalue weighted by atomic mass is 9.87. The SMILES string of the molecule is CCCCOc1cccc(/C(CC)=C(/c2ccc(C=CC(=O)O)cc2)c2ccc3c(cnn3C3CCCCO3)c2)c1. The molecule has 0 amide bonds. The molecule has 1 aromatic heterocycles. The normalized spacial score (nSPS) is 16.2. The lowest BCUT2D eigenvalue weighted by Crippen LogP contribution is -2.18. The van der Waals surface area contributed by atoms with Gasteiger partial charge in [-0.05, 0) is 95.8 Å². The van der Waals surface area contributed by atoms with E-state index < -0.39 is 5.97 Å². The number of carbonyl (C=O) groups is 1. The minimum Gasteiger partial charge on any atom is -0.494 e. The molecule has 0 aliphatic carbocycles. The summed E-state index contributed by atoms with van der Waals surface area (Å²) >= 11 is 0. The van der Waals surface area contributed by atoms with Gasteiger partial charge in [-0.25, -0.2) is 9.48 Å². The second-order valence-corrected chi connectivity index (χ2v) is 10.4. The highest BCUT2D eigenvalue weighted by Crippen LogP contribution is 2.37. The third-order valence-electron chi connectivity index (χ3n) is 7.53. The van der Waals surface area contributed by atoms with Gasteiger partial charge in [0.1, 0.15) is 5.75 Å². The molecule has 1 unspecified atom stereocenters. The van der Waals surface area contributed by atoms with Crippen molar-refractivity contribution in [1.29, 1.82) is 0 Å². The first-order valence-corrected chi connectivity index (χ1v) is 14.6. The minimum absolute atomic E-state index is 0.0184. The maximum Gasteiger partial charge on any atom is 0.328 e. The zero-order valence-corrected chi connectivity index (χ0v) is 23.9. The summed E-state index contributed by atoms with van der Waals surface area (Å²) in [5.74, 6) is -0.0870. The van der Waals surface area contributed by atoms with Crippen LogP contribution in [0.2, 0.25) is 0 Å². The van der Waals surface area contributed by atoms with Crippen molar-refractivity contribution >= 4 is 34.1 Å². The number of allylic oxidation sites excluding steroid dienone is 1. The number of aromatic nitrogens is 2. The molecule has 0 bridgehead atoms. The predicted octanol–water partition coefficient (Wildman–Crippen LogP) is 8.38. The van der Waals surface area contributed by atoms with E-state index in [0.717, 1.165) is 95.7 Å². The first-order chi connectivity index (χ1) is 20.1. The molecule has 2 heterocycles. The van der Waals surface area contributed by atoms with Gasteiger partial charge in [-0.3, -0.25) is 0 Å². The van der Waals surface area contributed by atoms with Crippen molar-refractivity contribution in [2.45, 2.75) is 58.6 Å². The fourth-order valence-corrected chi connectivity index (χ4v) is 5.43. The number of aliphatic carboxylic acids is 1. The Balaban J connectivity index is 1.60. The van der Waals surface area contributed by atoms with Gasteiger partial charge in [-0.1, -0.05) is 62.7 Å². The van der Waals surface area contributed by atoms with Gasteiger partial charge >= 0.3 is 5.97 Å². The summed E-state index contributed by atoms with van der Waals surface area (Å²) in [5, 5.41) is 14.8. The zero-order chi connectivity index (χ0) is 28.6. The average Bonchev–Trinajstić information content (AvgIpc) is 3.43. The molecular formula is C35H38N2O4. The first kappa shape index (κ1) is 28.4. The van der Waals surface area contributed by atoms with E-state index in [4.69, 9.17) is 19.7 Å². The van der Waals surface area contributed by atoms with Gasteiger partial charge in [0.25, 0.3) is 0 Å². The summed E-state index contributed by atoms with van der Waals surface area (Å²) in [5.41, 5.74) is 7.54.